The molecule has 6 nitrogen and oxygen atoms in total. The number of aliphatic hydroxyl groups is 5. The largest absolute Gasteiger partial charge is 0.387 e. The Morgan fingerprint density at radius 1 is 1.00 bits per heavy atom. The average molecular weight is 259 g/mol. The molecule has 78 valence electrons. The second-order valence-corrected chi connectivity index (χ2v) is 3.77. The number of hydrogen-bond donors (Lipinski definition) is 5. The number of alkyl halides is 1. The zero-order valence-corrected chi connectivity index (χ0v) is 8.07. The maximum atomic E-state index is 9.26. The Morgan fingerprint density at radius 3 is 2.00 bits per heavy atom. The third-order valence-electron chi connectivity index (χ3n) is 1.90. The van der Waals surface area contributed by atoms with Gasteiger partial charge in [0.25, 0.3) is 0 Å². The topological polar surface area (TPSA) is 110 Å². The first kappa shape index (κ1) is 11.3. The summed E-state index contributed by atoms with van der Waals surface area (Å²) >= 11 is 2.72. The Labute approximate surface area is 82.5 Å². The second-order valence-electron chi connectivity index (χ2n) is 2.84. The molecule has 0 amide bonds. The third-order valence-corrected chi connectivity index (χ3v) is 2.42. The van der Waals surface area contributed by atoms with E-state index in [1.807, 2.05) is 0 Å². The highest BCUT2D eigenvalue weighted by molar-refractivity contribution is 9.09. The van der Waals surface area contributed by atoms with Crippen LogP contribution in [0.15, 0.2) is 0 Å². The van der Waals surface area contributed by atoms with Gasteiger partial charge in [-0.25, -0.2) is 0 Å². The van der Waals surface area contributed by atoms with Crippen molar-refractivity contribution in [1.29, 1.82) is 0 Å². The molecule has 1 rings (SSSR count). The van der Waals surface area contributed by atoms with E-state index in [2.05, 4.69) is 20.7 Å². The first-order valence-corrected chi connectivity index (χ1v) is 4.56. The Kier molecular flexibility index (Phi) is 3.64. The van der Waals surface area contributed by atoms with E-state index in [1.165, 1.54) is 0 Å². The first-order valence-electron chi connectivity index (χ1n) is 3.65. The van der Waals surface area contributed by atoms with E-state index < -0.39 is 35.7 Å². The molecule has 1 aliphatic heterocycles. The summed E-state index contributed by atoms with van der Waals surface area (Å²) in [5.41, 5.74) is 0. The number of hydrogen-bond acceptors (Lipinski definition) is 6. The molecular weight excluding hydrogens is 248 g/mol. The number of aliphatic hydroxyl groups excluding tert-OH is 5. The summed E-state index contributed by atoms with van der Waals surface area (Å²) in [6.45, 7) is 0. The van der Waals surface area contributed by atoms with E-state index in [9.17, 15) is 5.11 Å². The van der Waals surface area contributed by atoms with Crippen molar-refractivity contribution in [1.82, 2.24) is 0 Å². The minimum atomic E-state index is -1.62. The monoisotopic (exact) mass is 258 g/mol. The van der Waals surface area contributed by atoms with Crippen molar-refractivity contribution in [3.8, 4) is 0 Å². The van der Waals surface area contributed by atoms with Gasteiger partial charge in [0.2, 0.25) is 0 Å². The van der Waals surface area contributed by atoms with Crippen LogP contribution >= 0.6 is 15.9 Å². The molecule has 0 radical (unpaired) electrons. The first-order chi connectivity index (χ1) is 5.95. The summed E-state index contributed by atoms with van der Waals surface area (Å²) < 4.78 is 4.64. The summed E-state index contributed by atoms with van der Waals surface area (Å²) in [5.74, 6) is 0. The molecule has 1 heterocycles. The molecule has 0 saturated carbocycles. The maximum Gasteiger partial charge on any atom is 0.184 e. The summed E-state index contributed by atoms with van der Waals surface area (Å²) in [6, 6.07) is 0. The van der Waals surface area contributed by atoms with Crippen LogP contribution in [0.2, 0.25) is 0 Å². The molecule has 0 aromatic rings. The molecule has 0 bridgehead atoms. The molecular formula is C6H11BrO6. The Hall–Kier alpha value is 0.240. The molecule has 0 spiro atoms. The lowest BCUT2D eigenvalue weighted by molar-refractivity contribution is -0.289. The van der Waals surface area contributed by atoms with Gasteiger partial charge in [-0.15, -0.1) is 0 Å². The Balaban J connectivity index is 2.70. The highest BCUT2D eigenvalue weighted by Gasteiger charge is 2.45. The lowest BCUT2D eigenvalue weighted by Gasteiger charge is -2.38. The van der Waals surface area contributed by atoms with Gasteiger partial charge in [-0.1, -0.05) is 15.9 Å². The van der Waals surface area contributed by atoms with Gasteiger partial charge in [-0.2, -0.15) is 0 Å². The van der Waals surface area contributed by atoms with Crippen LogP contribution in [-0.4, -0.2) is 61.3 Å². The van der Waals surface area contributed by atoms with E-state index in [-0.39, 0.29) is 0 Å². The van der Waals surface area contributed by atoms with E-state index in [0.29, 0.717) is 0 Å². The van der Waals surface area contributed by atoms with E-state index >= 15 is 0 Å². The second kappa shape index (κ2) is 4.18. The zero-order valence-electron chi connectivity index (χ0n) is 6.49. The van der Waals surface area contributed by atoms with Crippen LogP contribution in [0, 0.1) is 0 Å². The van der Waals surface area contributed by atoms with Crippen LogP contribution in [-0.2, 0) is 4.74 Å². The summed E-state index contributed by atoms with van der Waals surface area (Å²) in [5, 5.41) is 44.2. The van der Waals surface area contributed by atoms with Gasteiger partial charge >= 0.3 is 0 Å². The van der Waals surface area contributed by atoms with Crippen LogP contribution in [0.5, 0.6) is 0 Å². The normalized spacial score (nSPS) is 48.9. The van der Waals surface area contributed by atoms with Crippen molar-refractivity contribution >= 4 is 15.9 Å². The van der Waals surface area contributed by atoms with Gasteiger partial charge < -0.3 is 30.3 Å². The zero-order chi connectivity index (χ0) is 10.2. The maximum absolute atomic E-state index is 9.26. The van der Waals surface area contributed by atoms with Crippen molar-refractivity contribution in [2.75, 3.05) is 0 Å². The average Bonchev–Trinajstić information content (AvgIpc) is 2.07. The van der Waals surface area contributed by atoms with E-state index in [0.717, 1.165) is 0 Å². The van der Waals surface area contributed by atoms with Crippen molar-refractivity contribution in [2.45, 2.75) is 35.7 Å². The highest BCUT2D eigenvalue weighted by atomic mass is 79.9. The molecule has 1 aliphatic rings. The number of ether oxygens (including phenoxy) is 1. The van der Waals surface area contributed by atoms with Crippen molar-refractivity contribution in [3.63, 3.8) is 0 Å². The predicted molar refractivity (Wildman–Crippen MR) is 43.8 cm³/mol. The van der Waals surface area contributed by atoms with Gasteiger partial charge in [0, 0.05) is 0 Å². The molecule has 5 N–H and O–H groups in total. The van der Waals surface area contributed by atoms with Crippen LogP contribution in [0.3, 0.4) is 0 Å². The van der Waals surface area contributed by atoms with Crippen molar-refractivity contribution in [2.24, 2.45) is 0 Å². The SMILES string of the molecule is OC1O[C@H](C(O)Br)[C@@H](O)[C@@H](O)[C@@H]1O. The molecule has 1 saturated heterocycles. The molecule has 0 aliphatic carbocycles. The summed E-state index contributed by atoms with van der Waals surface area (Å²) in [7, 11) is 0. The van der Waals surface area contributed by atoms with Crippen LogP contribution in [0.4, 0.5) is 0 Å². The smallest absolute Gasteiger partial charge is 0.184 e. The minimum Gasteiger partial charge on any atom is -0.387 e. The number of halogens is 1. The van der Waals surface area contributed by atoms with E-state index in [4.69, 9.17) is 20.4 Å². The van der Waals surface area contributed by atoms with Crippen LogP contribution in [0.25, 0.3) is 0 Å². The van der Waals surface area contributed by atoms with Crippen molar-refractivity contribution < 1.29 is 30.3 Å². The fraction of sp³-hybridized carbons (Fsp3) is 1.00. The fourth-order valence-electron chi connectivity index (χ4n) is 1.11. The minimum absolute atomic E-state index is 1.17. The van der Waals surface area contributed by atoms with Gasteiger partial charge in [-0.3, -0.25) is 0 Å². The Bertz CT molecular complexity index is 177. The van der Waals surface area contributed by atoms with E-state index in [1.54, 1.807) is 0 Å². The highest BCUT2D eigenvalue weighted by Crippen LogP contribution is 2.23. The lowest BCUT2D eigenvalue weighted by Crippen LogP contribution is -2.59. The van der Waals surface area contributed by atoms with Crippen molar-refractivity contribution in [3.05, 3.63) is 0 Å². The van der Waals surface area contributed by atoms with Gasteiger partial charge in [-0.05, 0) is 0 Å². The molecule has 7 heteroatoms. The molecule has 0 aromatic carbocycles. The Morgan fingerprint density at radius 2 is 1.54 bits per heavy atom. The van der Waals surface area contributed by atoms with Crippen LogP contribution < -0.4 is 0 Å². The fourth-order valence-corrected chi connectivity index (χ4v) is 1.55. The quantitative estimate of drug-likeness (QED) is 0.333. The molecule has 0 aromatic heterocycles. The molecule has 6 atom stereocenters. The summed E-state index contributed by atoms with van der Waals surface area (Å²) in [4.78, 5) is 0. The van der Waals surface area contributed by atoms with Gasteiger partial charge in [0.1, 0.15) is 29.4 Å². The molecule has 2 unspecified atom stereocenters. The van der Waals surface area contributed by atoms with Gasteiger partial charge in [0.15, 0.2) is 6.29 Å². The standard InChI is InChI=1S/C6H11BrO6/c7-5(11)4-2(9)1(8)3(10)6(12)13-4/h1-6,8-12H/t1-,2+,3+,4+,5?,6?/m1/s1. The molecule has 13 heavy (non-hydrogen) atoms. The third kappa shape index (κ3) is 2.18. The summed E-state index contributed by atoms with van der Waals surface area (Å²) in [6.07, 6.45) is -7.35. The van der Waals surface area contributed by atoms with Crippen LogP contribution in [0.1, 0.15) is 0 Å². The molecule has 1 fully saturated rings. The predicted octanol–water partition coefficient (Wildman–Crippen LogP) is -2.50. The van der Waals surface area contributed by atoms with Gasteiger partial charge in [0.05, 0.1) is 0 Å². The lowest BCUT2D eigenvalue weighted by atomic mass is 9.99. The number of rotatable bonds is 1.